The van der Waals surface area contributed by atoms with Crippen LogP contribution in [0.2, 0.25) is 0 Å². The van der Waals surface area contributed by atoms with Crippen molar-refractivity contribution in [1.82, 2.24) is 10.2 Å². The highest BCUT2D eigenvalue weighted by molar-refractivity contribution is 9.10. The summed E-state index contributed by atoms with van der Waals surface area (Å²) in [6.07, 6.45) is 0. The zero-order chi connectivity index (χ0) is 12.4. The predicted octanol–water partition coefficient (Wildman–Crippen LogP) is 2.19. The van der Waals surface area contributed by atoms with E-state index in [1.807, 2.05) is 30.0 Å². The molecule has 1 saturated heterocycles. The monoisotopic (exact) mass is 296 g/mol. The molecule has 2 rings (SSSR count). The van der Waals surface area contributed by atoms with E-state index in [1.54, 1.807) is 0 Å². The summed E-state index contributed by atoms with van der Waals surface area (Å²) >= 11 is 3.42. The van der Waals surface area contributed by atoms with E-state index >= 15 is 0 Å². The Morgan fingerprint density at radius 3 is 3.00 bits per heavy atom. The smallest absolute Gasteiger partial charge is 0.254 e. The van der Waals surface area contributed by atoms with E-state index in [1.165, 1.54) is 0 Å². The van der Waals surface area contributed by atoms with Crippen molar-refractivity contribution in [2.24, 2.45) is 0 Å². The summed E-state index contributed by atoms with van der Waals surface area (Å²) in [5.41, 5.74) is 1.83. The molecule has 1 fully saturated rings. The summed E-state index contributed by atoms with van der Waals surface area (Å²) < 4.78 is 0.953. The SMILES string of the molecule is Cc1ccc(Br)cc1C(=O)N1CCNC[C@@H]1C. The number of nitrogens with zero attached hydrogens (tertiary/aromatic N) is 1. The van der Waals surface area contributed by atoms with Gasteiger partial charge in [-0.25, -0.2) is 0 Å². The summed E-state index contributed by atoms with van der Waals surface area (Å²) in [5, 5.41) is 3.29. The summed E-state index contributed by atoms with van der Waals surface area (Å²) in [6.45, 7) is 6.60. The summed E-state index contributed by atoms with van der Waals surface area (Å²) in [6, 6.07) is 6.11. The number of halogens is 1. The first-order valence-electron chi connectivity index (χ1n) is 5.87. The van der Waals surface area contributed by atoms with Crippen LogP contribution in [0.3, 0.4) is 0 Å². The van der Waals surface area contributed by atoms with Crippen molar-refractivity contribution < 1.29 is 4.79 Å². The Morgan fingerprint density at radius 2 is 2.29 bits per heavy atom. The van der Waals surface area contributed by atoms with E-state index in [9.17, 15) is 4.79 Å². The maximum atomic E-state index is 12.5. The fourth-order valence-corrected chi connectivity index (χ4v) is 2.48. The molecule has 1 heterocycles. The van der Waals surface area contributed by atoms with Gasteiger partial charge >= 0.3 is 0 Å². The fourth-order valence-electron chi connectivity index (χ4n) is 2.12. The van der Waals surface area contributed by atoms with Crippen molar-refractivity contribution in [2.75, 3.05) is 19.6 Å². The van der Waals surface area contributed by atoms with Crippen molar-refractivity contribution in [3.05, 3.63) is 33.8 Å². The highest BCUT2D eigenvalue weighted by Crippen LogP contribution is 2.19. The van der Waals surface area contributed by atoms with Crippen molar-refractivity contribution in [2.45, 2.75) is 19.9 Å². The molecule has 1 N–H and O–H groups in total. The van der Waals surface area contributed by atoms with Gasteiger partial charge in [0.2, 0.25) is 0 Å². The van der Waals surface area contributed by atoms with Crippen LogP contribution in [0.5, 0.6) is 0 Å². The Bertz CT molecular complexity index is 433. The Balaban J connectivity index is 2.26. The van der Waals surface area contributed by atoms with Crippen molar-refractivity contribution in [1.29, 1.82) is 0 Å². The topological polar surface area (TPSA) is 32.3 Å². The third kappa shape index (κ3) is 2.69. The number of carbonyl (C=O) groups is 1. The van der Waals surface area contributed by atoms with Gasteiger partial charge in [0.25, 0.3) is 5.91 Å². The number of rotatable bonds is 1. The van der Waals surface area contributed by atoms with Crippen LogP contribution >= 0.6 is 15.9 Å². The lowest BCUT2D eigenvalue weighted by Crippen LogP contribution is -2.52. The van der Waals surface area contributed by atoms with Crippen LogP contribution in [-0.4, -0.2) is 36.5 Å². The predicted molar refractivity (Wildman–Crippen MR) is 72.2 cm³/mol. The summed E-state index contributed by atoms with van der Waals surface area (Å²) in [5.74, 6) is 0.137. The zero-order valence-corrected chi connectivity index (χ0v) is 11.8. The van der Waals surface area contributed by atoms with Gasteiger partial charge in [-0.3, -0.25) is 4.79 Å². The van der Waals surface area contributed by atoms with Crippen LogP contribution in [0, 0.1) is 6.92 Å². The highest BCUT2D eigenvalue weighted by atomic mass is 79.9. The lowest BCUT2D eigenvalue weighted by Gasteiger charge is -2.34. The van der Waals surface area contributed by atoms with Crippen LogP contribution < -0.4 is 5.32 Å². The Hall–Kier alpha value is -0.870. The zero-order valence-electron chi connectivity index (χ0n) is 10.2. The average molecular weight is 297 g/mol. The molecule has 0 saturated carbocycles. The first-order valence-corrected chi connectivity index (χ1v) is 6.66. The van der Waals surface area contributed by atoms with E-state index < -0.39 is 0 Å². The molecule has 92 valence electrons. The first kappa shape index (κ1) is 12.6. The number of benzene rings is 1. The van der Waals surface area contributed by atoms with Crippen molar-refractivity contribution in [3.63, 3.8) is 0 Å². The number of piperazine rings is 1. The molecule has 1 atom stereocenters. The van der Waals surface area contributed by atoms with Gasteiger partial charge in [-0.15, -0.1) is 0 Å². The molecule has 1 aromatic carbocycles. The third-order valence-corrected chi connectivity index (χ3v) is 3.69. The van der Waals surface area contributed by atoms with Gasteiger partial charge in [0.15, 0.2) is 0 Å². The molecule has 0 unspecified atom stereocenters. The Labute approximate surface area is 110 Å². The summed E-state index contributed by atoms with van der Waals surface area (Å²) in [7, 11) is 0. The fraction of sp³-hybridized carbons (Fsp3) is 0.462. The molecule has 0 spiro atoms. The second-order valence-electron chi connectivity index (χ2n) is 4.51. The van der Waals surface area contributed by atoms with Crippen LogP contribution in [0.1, 0.15) is 22.8 Å². The molecule has 1 aromatic rings. The Morgan fingerprint density at radius 1 is 1.53 bits per heavy atom. The first-order chi connectivity index (χ1) is 8.09. The Kier molecular flexibility index (Phi) is 3.84. The lowest BCUT2D eigenvalue weighted by atomic mass is 10.1. The second kappa shape index (κ2) is 5.19. The molecule has 0 bridgehead atoms. The molecule has 1 aliphatic rings. The minimum absolute atomic E-state index is 0.137. The lowest BCUT2D eigenvalue weighted by molar-refractivity contribution is 0.0655. The van der Waals surface area contributed by atoms with E-state index in [4.69, 9.17) is 0 Å². The van der Waals surface area contributed by atoms with Gasteiger partial charge in [0, 0.05) is 35.7 Å². The van der Waals surface area contributed by atoms with Gasteiger partial charge in [0.1, 0.15) is 0 Å². The molecule has 17 heavy (non-hydrogen) atoms. The van der Waals surface area contributed by atoms with Crippen LogP contribution in [0.4, 0.5) is 0 Å². The number of nitrogens with one attached hydrogen (secondary N) is 1. The van der Waals surface area contributed by atoms with Crippen LogP contribution in [0.15, 0.2) is 22.7 Å². The molecule has 4 heteroatoms. The molecule has 0 aromatic heterocycles. The van der Waals surface area contributed by atoms with Gasteiger partial charge in [-0.1, -0.05) is 22.0 Å². The molecule has 0 radical (unpaired) electrons. The minimum atomic E-state index is 0.137. The number of hydrogen-bond donors (Lipinski definition) is 1. The molecule has 1 aliphatic heterocycles. The average Bonchev–Trinajstić information content (AvgIpc) is 2.32. The van der Waals surface area contributed by atoms with Crippen LogP contribution in [0.25, 0.3) is 0 Å². The number of carbonyl (C=O) groups excluding carboxylic acids is 1. The molecular formula is C13H17BrN2O. The van der Waals surface area contributed by atoms with Crippen molar-refractivity contribution >= 4 is 21.8 Å². The summed E-state index contributed by atoms with van der Waals surface area (Å²) in [4.78, 5) is 14.4. The van der Waals surface area contributed by atoms with Gasteiger partial charge in [-0.05, 0) is 31.5 Å². The largest absolute Gasteiger partial charge is 0.333 e. The number of amides is 1. The van der Waals surface area contributed by atoms with Gasteiger partial charge in [0.05, 0.1) is 0 Å². The number of hydrogen-bond acceptors (Lipinski definition) is 2. The van der Waals surface area contributed by atoms with Crippen molar-refractivity contribution in [3.8, 4) is 0 Å². The normalized spacial score (nSPS) is 20.4. The molecule has 0 aliphatic carbocycles. The molecular weight excluding hydrogens is 280 g/mol. The standard InChI is InChI=1S/C13H17BrN2O/c1-9-3-4-11(14)7-12(9)13(17)16-6-5-15-8-10(16)2/h3-4,7,10,15H,5-6,8H2,1-2H3/t10-/m0/s1. The number of aryl methyl sites for hydroxylation is 1. The van der Waals surface area contributed by atoms with Gasteiger partial charge < -0.3 is 10.2 Å². The molecule has 3 nitrogen and oxygen atoms in total. The highest BCUT2D eigenvalue weighted by Gasteiger charge is 2.24. The quantitative estimate of drug-likeness (QED) is 0.862. The van der Waals surface area contributed by atoms with E-state index in [0.717, 1.165) is 35.2 Å². The second-order valence-corrected chi connectivity index (χ2v) is 5.43. The minimum Gasteiger partial charge on any atom is -0.333 e. The van der Waals surface area contributed by atoms with E-state index in [-0.39, 0.29) is 11.9 Å². The maximum absolute atomic E-state index is 12.5. The van der Waals surface area contributed by atoms with Gasteiger partial charge in [-0.2, -0.15) is 0 Å². The third-order valence-electron chi connectivity index (χ3n) is 3.19. The molecule has 1 amide bonds. The van der Waals surface area contributed by atoms with E-state index in [2.05, 4.69) is 28.2 Å². The van der Waals surface area contributed by atoms with E-state index in [0.29, 0.717) is 0 Å². The van der Waals surface area contributed by atoms with Crippen LogP contribution in [-0.2, 0) is 0 Å². The maximum Gasteiger partial charge on any atom is 0.254 e.